The Labute approximate surface area is 123 Å². The smallest absolute Gasteiger partial charge is 0.128 e. The summed E-state index contributed by atoms with van der Waals surface area (Å²) < 4.78 is 14.2. The lowest BCUT2D eigenvalue weighted by Crippen LogP contribution is -2.23. The van der Waals surface area contributed by atoms with Gasteiger partial charge in [-0.3, -0.25) is 0 Å². The van der Waals surface area contributed by atoms with Crippen molar-refractivity contribution >= 4 is 11.3 Å². The van der Waals surface area contributed by atoms with Crippen LogP contribution >= 0.6 is 11.3 Å². The van der Waals surface area contributed by atoms with Crippen molar-refractivity contribution in [1.82, 2.24) is 10.3 Å². The Morgan fingerprint density at radius 2 is 2.25 bits per heavy atom. The molecule has 20 heavy (non-hydrogen) atoms. The number of halogens is 1. The molecule has 1 aromatic heterocycles. The molecule has 0 spiro atoms. The highest BCUT2D eigenvalue weighted by Gasteiger charge is 2.24. The SMILES string of the molecule is CCNC(c1nc2c(s1)CCC2)c1cc(C)ccc1F. The molecule has 2 nitrogen and oxygen atoms in total. The maximum atomic E-state index is 14.2. The first-order valence-corrected chi connectivity index (χ1v) is 7.98. The van der Waals surface area contributed by atoms with Crippen LogP contribution in [0.1, 0.15) is 46.1 Å². The summed E-state index contributed by atoms with van der Waals surface area (Å²) in [5.41, 5.74) is 3.01. The van der Waals surface area contributed by atoms with Crippen molar-refractivity contribution in [2.45, 2.75) is 39.2 Å². The van der Waals surface area contributed by atoms with Crippen LogP contribution < -0.4 is 5.32 Å². The molecule has 1 unspecified atom stereocenters. The molecule has 1 aromatic carbocycles. The van der Waals surface area contributed by atoms with Crippen LogP contribution in [0.2, 0.25) is 0 Å². The molecular weight excluding hydrogens is 271 g/mol. The highest BCUT2D eigenvalue weighted by molar-refractivity contribution is 7.11. The Kier molecular flexibility index (Phi) is 3.85. The first-order valence-electron chi connectivity index (χ1n) is 7.17. The van der Waals surface area contributed by atoms with E-state index in [2.05, 4.69) is 5.32 Å². The first-order chi connectivity index (χ1) is 9.69. The highest BCUT2D eigenvalue weighted by Crippen LogP contribution is 2.34. The Balaban J connectivity index is 2.01. The summed E-state index contributed by atoms with van der Waals surface area (Å²) in [7, 11) is 0. The third-order valence-electron chi connectivity index (χ3n) is 3.73. The topological polar surface area (TPSA) is 24.9 Å². The zero-order valence-electron chi connectivity index (χ0n) is 11.9. The normalized spacial score (nSPS) is 15.3. The van der Waals surface area contributed by atoms with Crippen molar-refractivity contribution in [3.63, 3.8) is 0 Å². The molecule has 0 amide bonds. The van der Waals surface area contributed by atoms with Gasteiger partial charge in [0.05, 0.1) is 11.7 Å². The number of thiazole rings is 1. The molecule has 0 bridgehead atoms. The van der Waals surface area contributed by atoms with Crippen LogP contribution in [0.25, 0.3) is 0 Å². The Morgan fingerprint density at radius 1 is 1.40 bits per heavy atom. The molecule has 3 rings (SSSR count). The van der Waals surface area contributed by atoms with Crippen molar-refractivity contribution in [2.75, 3.05) is 6.54 Å². The van der Waals surface area contributed by atoms with Crippen LogP contribution in [0.15, 0.2) is 18.2 Å². The van der Waals surface area contributed by atoms with E-state index in [9.17, 15) is 4.39 Å². The molecule has 1 aliphatic carbocycles. The van der Waals surface area contributed by atoms with Crippen molar-refractivity contribution in [2.24, 2.45) is 0 Å². The molecule has 0 aliphatic heterocycles. The Bertz CT molecular complexity index is 599. The number of rotatable bonds is 4. The quantitative estimate of drug-likeness (QED) is 0.927. The third-order valence-corrected chi connectivity index (χ3v) is 4.95. The van der Waals surface area contributed by atoms with Crippen LogP contribution in [0.4, 0.5) is 4.39 Å². The number of fused-ring (bicyclic) bond motifs is 1. The van der Waals surface area contributed by atoms with Crippen molar-refractivity contribution < 1.29 is 4.39 Å². The van der Waals surface area contributed by atoms with Gasteiger partial charge in [-0.1, -0.05) is 24.6 Å². The number of hydrogen-bond donors (Lipinski definition) is 1. The summed E-state index contributed by atoms with van der Waals surface area (Å²) in [6.07, 6.45) is 3.41. The van der Waals surface area contributed by atoms with Gasteiger partial charge in [0.25, 0.3) is 0 Å². The maximum absolute atomic E-state index is 14.2. The average molecular weight is 290 g/mol. The standard InChI is InChI=1S/C16H19FN2S/c1-3-18-15(11-9-10(2)7-8-12(11)17)16-19-13-5-4-6-14(13)20-16/h7-9,15,18H,3-6H2,1-2H3. The monoisotopic (exact) mass is 290 g/mol. The van der Waals surface area contributed by atoms with E-state index in [0.717, 1.165) is 30.0 Å². The Hall–Kier alpha value is -1.26. The summed E-state index contributed by atoms with van der Waals surface area (Å²) in [5, 5.41) is 4.38. The lowest BCUT2D eigenvalue weighted by Gasteiger charge is -2.17. The number of hydrogen-bond acceptors (Lipinski definition) is 3. The molecule has 4 heteroatoms. The zero-order chi connectivity index (χ0) is 14.1. The van der Waals surface area contributed by atoms with Gasteiger partial charge in [0.15, 0.2) is 0 Å². The van der Waals surface area contributed by atoms with Gasteiger partial charge in [-0.2, -0.15) is 0 Å². The second kappa shape index (κ2) is 5.62. The van der Waals surface area contributed by atoms with E-state index in [1.807, 2.05) is 26.0 Å². The molecule has 2 aromatic rings. The predicted molar refractivity (Wildman–Crippen MR) is 80.8 cm³/mol. The molecular formula is C16H19FN2S. The minimum atomic E-state index is -0.156. The highest BCUT2D eigenvalue weighted by atomic mass is 32.1. The van der Waals surface area contributed by atoms with Gasteiger partial charge in [-0.25, -0.2) is 9.37 Å². The number of aromatic nitrogens is 1. The Morgan fingerprint density at radius 3 is 3.00 bits per heavy atom. The molecule has 1 aliphatic rings. The second-order valence-corrected chi connectivity index (χ2v) is 6.41. The van der Waals surface area contributed by atoms with Crippen LogP contribution in [-0.2, 0) is 12.8 Å². The van der Waals surface area contributed by atoms with E-state index in [1.54, 1.807) is 17.4 Å². The van der Waals surface area contributed by atoms with Gasteiger partial charge in [0, 0.05) is 10.4 Å². The fraction of sp³-hybridized carbons (Fsp3) is 0.438. The minimum Gasteiger partial charge on any atom is -0.304 e. The molecule has 1 heterocycles. The van der Waals surface area contributed by atoms with Gasteiger partial charge in [0.2, 0.25) is 0 Å². The van der Waals surface area contributed by atoms with E-state index >= 15 is 0 Å². The van der Waals surface area contributed by atoms with Crippen LogP contribution in [0.5, 0.6) is 0 Å². The molecule has 0 radical (unpaired) electrons. The molecule has 106 valence electrons. The lowest BCUT2D eigenvalue weighted by atomic mass is 10.0. The van der Waals surface area contributed by atoms with Gasteiger partial charge in [-0.05, 0) is 38.8 Å². The van der Waals surface area contributed by atoms with Crippen molar-refractivity contribution in [3.05, 3.63) is 50.7 Å². The fourth-order valence-electron chi connectivity index (χ4n) is 2.75. The molecule has 1 atom stereocenters. The molecule has 0 saturated carbocycles. The maximum Gasteiger partial charge on any atom is 0.128 e. The second-order valence-electron chi connectivity index (χ2n) is 5.29. The lowest BCUT2D eigenvalue weighted by molar-refractivity contribution is 0.556. The van der Waals surface area contributed by atoms with E-state index in [0.29, 0.717) is 5.56 Å². The molecule has 1 N–H and O–H groups in total. The third kappa shape index (κ3) is 2.50. The summed E-state index contributed by atoms with van der Waals surface area (Å²) in [4.78, 5) is 6.13. The molecule has 0 saturated heterocycles. The van der Waals surface area contributed by atoms with E-state index in [1.165, 1.54) is 17.0 Å². The van der Waals surface area contributed by atoms with Gasteiger partial charge in [0.1, 0.15) is 10.8 Å². The summed E-state index contributed by atoms with van der Waals surface area (Å²) in [5.74, 6) is -0.156. The predicted octanol–water partition coefficient (Wildman–Crippen LogP) is 3.78. The summed E-state index contributed by atoms with van der Waals surface area (Å²) >= 11 is 1.74. The summed E-state index contributed by atoms with van der Waals surface area (Å²) in [6, 6.07) is 5.16. The minimum absolute atomic E-state index is 0.129. The summed E-state index contributed by atoms with van der Waals surface area (Å²) in [6.45, 7) is 4.83. The van der Waals surface area contributed by atoms with Crippen molar-refractivity contribution in [3.8, 4) is 0 Å². The van der Waals surface area contributed by atoms with Gasteiger partial charge in [-0.15, -0.1) is 11.3 Å². The first kappa shape index (κ1) is 13.7. The molecule has 0 fully saturated rings. The van der Waals surface area contributed by atoms with E-state index in [4.69, 9.17) is 4.98 Å². The largest absolute Gasteiger partial charge is 0.304 e. The fourth-order valence-corrected chi connectivity index (χ4v) is 4.00. The van der Waals surface area contributed by atoms with Gasteiger partial charge >= 0.3 is 0 Å². The average Bonchev–Trinajstić information content (AvgIpc) is 3.00. The van der Waals surface area contributed by atoms with E-state index < -0.39 is 0 Å². The zero-order valence-corrected chi connectivity index (χ0v) is 12.7. The number of nitrogens with zero attached hydrogens (tertiary/aromatic N) is 1. The number of aryl methyl sites for hydroxylation is 3. The van der Waals surface area contributed by atoms with E-state index in [-0.39, 0.29) is 11.9 Å². The van der Waals surface area contributed by atoms with Crippen molar-refractivity contribution in [1.29, 1.82) is 0 Å². The van der Waals surface area contributed by atoms with Gasteiger partial charge < -0.3 is 5.32 Å². The van der Waals surface area contributed by atoms with Crippen LogP contribution in [-0.4, -0.2) is 11.5 Å². The van der Waals surface area contributed by atoms with Crippen LogP contribution in [0.3, 0.4) is 0 Å². The van der Waals surface area contributed by atoms with Crippen LogP contribution in [0, 0.1) is 12.7 Å². The number of nitrogens with one attached hydrogen (secondary N) is 1. The number of benzene rings is 1.